The first-order valence-corrected chi connectivity index (χ1v) is 13.8. The van der Waals surface area contributed by atoms with Crippen molar-refractivity contribution in [2.45, 2.75) is 35.7 Å². The molecule has 7 rings (SSSR count). The average Bonchev–Trinajstić information content (AvgIpc) is 3.58. The van der Waals surface area contributed by atoms with Crippen LogP contribution in [0.5, 0.6) is 0 Å². The fraction of sp³-hybridized carbons (Fsp3) is 0.370. The second kappa shape index (κ2) is 7.83. The molecule has 37 heavy (non-hydrogen) atoms. The first-order valence-electron chi connectivity index (χ1n) is 12.1. The third-order valence-electron chi connectivity index (χ3n) is 8.59. The molecule has 0 spiro atoms. The second-order valence-electron chi connectivity index (χ2n) is 10.4. The predicted octanol–water partition coefficient (Wildman–Crippen LogP) is 5.44. The Bertz CT molecular complexity index is 1510. The summed E-state index contributed by atoms with van der Waals surface area (Å²) in [6.07, 6.45) is -3.84. The minimum Gasteiger partial charge on any atom is -0.307 e. The molecule has 1 N–H and O–H groups in total. The number of aryl methyl sites for hydroxylation is 1. The molecule has 3 heterocycles. The first-order chi connectivity index (χ1) is 17.6. The van der Waals surface area contributed by atoms with Crippen molar-refractivity contribution in [1.29, 1.82) is 0 Å². The lowest BCUT2D eigenvalue weighted by molar-refractivity contribution is -0.137. The number of hydrogen-bond donors (Lipinski definition) is 1. The summed E-state index contributed by atoms with van der Waals surface area (Å²) in [4.78, 5) is 44.5. The zero-order chi connectivity index (χ0) is 25.8. The third kappa shape index (κ3) is 3.27. The van der Waals surface area contributed by atoms with Crippen LogP contribution in [0, 0.1) is 36.5 Å². The molecule has 1 saturated heterocycles. The summed E-state index contributed by atoms with van der Waals surface area (Å²) in [5.74, 6) is -2.11. The Hall–Kier alpha value is -2.85. The molecule has 2 aliphatic carbocycles. The fourth-order valence-electron chi connectivity index (χ4n) is 7.24. The normalized spacial score (nSPS) is 32.0. The summed E-state index contributed by atoms with van der Waals surface area (Å²) in [6, 6.07) is 12.7. The van der Waals surface area contributed by atoms with Gasteiger partial charge in [0.25, 0.3) is 0 Å². The molecule has 4 aliphatic rings. The van der Waals surface area contributed by atoms with Crippen LogP contribution in [0.15, 0.2) is 58.4 Å². The van der Waals surface area contributed by atoms with Crippen LogP contribution in [-0.4, -0.2) is 22.0 Å². The van der Waals surface area contributed by atoms with E-state index in [1.165, 1.54) is 23.5 Å². The number of nitrogens with one attached hydrogen (secondary N) is 1. The Kier molecular flexibility index (Phi) is 4.93. The summed E-state index contributed by atoms with van der Waals surface area (Å²) < 4.78 is 40.1. The Morgan fingerprint density at radius 3 is 2.38 bits per heavy atom. The Morgan fingerprint density at radius 2 is 1.68 bits per heavy atom. The van der Waals surface area contributed by atoms with Crippen molar-refractivity contribution in [1.82, 2.24) is 4.98 Å². The average molecular weight is 543 g/mol. The number of thioether (sulfide) groups is 1. The predicted molar refractivity (Wildman–Crippen MR) is 134 cm³/mol. The summed E-state index contributed by atoms with van der Waals surface area (Å²) >= 11 is 2.79. The van der Waals surface area contributed by atoms with Gasteiger partial charge in [-0.3, -0.25) is 19.3 Å². The van der Waals surface area contributed by atoms with Crippen molar-refractivity contribution in [2.24, 2.45) is 29.6 Å². The third-order valence-corrected chi connectivity index (χ3v) is 11.2. The van der Waals surface area contributed by atoms with Gasteiger partial charge in [0.05, 0.1) is 28.1 Å². The number of aromatic nitrogens is 1. The number of anilines is 1. The number of carbonyl (C=O) groups excluding carboxylic acids is 2. The van der Waals surface area contributed by atoms with Gasteiger partial charge < -0.3 is 4.98 Å². The number of amides is 2. The van der Waals surface area contributed by atoms with Gasteiger partial charge in [-0.25, -0.2) is 0 Å². The van der Waals surface area contributed by atoms with Gasteiger partial charge in [0, 0.05) is 16.0 Å². The SMILES string of the molecule is Cc1ccc([C@@H]2c3sc(=O)[nH]c3S[C@H]3[C@@H]4C[C@H]([C@H]5C(=O)N(c6cccc(C(F)(F)F)c6)C(=O)[C@H]45)[C@H]23)cc1. The molecule has 190 valence electrons. The minimum atomic E-state index is -4.57. The largest absolute Gasteiger partial charge is 0.416 e. The van der Waals surface area contributed by atoms with Crippen molar-refractivity contribution in [2.75, 3.05) is 4.90 Å². The molecule has 2 aromatic carbocycles. The summed E-state index contributed by atoms with van der Waals surface area (Å²) in [7, 11) is 0. The summed E-state index contributed by atoms with van der Waals surface area (Å²) in [5.41, 5.74) is 1.29. The molecule has 2 saturated carbocycles. The van der Waals surface area contributed by atoms with Gasteiger partial charge in [0.1, 0.15) is 0 Å². The van der Waals surface area contributed by atoms with Crippen molar-refractivity contribution in [3.8, 4) is 0 Å². The fourth-order valence-corrected chi connectivity index (χ4v) is 10.1. The molecule has 2 bridgehead atoms. The van der Waals surface area contributed by atoms with Crippen LogP contribution < -0.4 is 9.77 Å². The van der Waals surface area contributed by atoms with Gasteiger partial charge in [-0.15, -0.1) is 11.8 Å². The number of fused-ring (bicyclic) bond motifs is 9. The number of rotatable bonds is 2. The molecule has 2 aliphatic heterocycles. The van der Waals surface area contributed by atoms with E-state index in [1.54, 1.807) is 11.8 Å². The Balaban J connectivity index is 1.30. The van der Waals surface area contributed by atoms with Gasteiger partial charge >= 0.3 is 11.0 Å². The first kappa shape index (κ1) is 23.3. The molecule has 1 aromatic heterocycles. The maximum absolute atomic E-state index is 13.7. The minimum absolute atomic E-state index is 0.0206. The number of H-pyrrole nitrogens is 1. The lowest BCUT2D eigenvalue weighted by Gasteiger charge is -2.43. The number of imide groups is 1. The van der Waals surface area contributed by atoms with Crippen LogP contribution in [0.4, 0.5) is 18.9 Å². The van der Waals surface area contributed by atoms with Crippen LogP contribution in [0.25, 0.3) is 0 Å². The molecule has 2 amide bonds. The maximum Gasteiger partial charge on any atom is 0.416 e. The zero-order valence-corrected chi connectivity index (χ0v) is 21.1. The van der Waals surface area contributed by atoms with E-state index < -0.39 is 35.4 Å². The molecule has 10 heteroatoms. The second-order valence-corrected chi connectivity index (χ2v) is 12.6. The molecule has 3 fully saturated rings. The van der Waals surface area contributed by atoms with E-state index >= 15 is 0 Å². The number of carbonyl (C=O) groups is 2. The monoisotopic (exact) mass is 542 g/mol. The molecule has 0 unspecified atom stereocenters. The van der Waals surface area contributed by atoms with Crippen molar-refractivity contribution in [3.05, 3.63) is 79.8 Å². The van der Waals surface area contributed by atoms with Crippen LogP contribution in [-0.2, 0) is 15.8 Å². The van der Waals surface area contributed by atoms with Crippen LogP contribution in [0.1, 0.15) is 33.9 Å². The van der Waals surface area contributed by atoms with E-state index in [4.69, 9.17) is 0 Å². The quantitative estimate of drug-likeness (QED) is 0.438. The van der Waals surface area contributed by atoms with E-state index in [1.807, 2.05) is 19.1 Å². The number of benzene rings is 2. The lowest BCUT2D eigenvalue weighted by Crippen LogP contribution is -2.42. The topological polar surface area (TPSA) is 70.2 Å². The highest BCUT2D eigenvalue weighted by Crippen LogP contribution is 2.68. The zero-order valence-electron chi connectivity index (χ0n) is 19.5. The molecule has 7 atom stereocenters. The standard InChI is InChI=1S/C27H21F3N2O3S2/c1-11-5-7-12(8-6-11)17-18-15-10-16(21(18)36-23-22(17)37-26(35)31-23)20-19(15)24(33)32(25(20)34)14-4-2-3-13(9-14)27(28,29)30/h2-9,15-21H,10H2,1H3,(H,31,35)/t15-,16+,17-,18+,19+,20+,21-/m0/s1. The number of halogens is 3. The Labute approximate surface area is 218 Å². The highest BCUT2D eigenvalue weighted by atomic mass is 32.2. The van der Waals surface area contributed by atoms with E-state index in [-0.39, 0.29) is 39.5 Å². The van der Waals surface area contributed by atoms with Gasteiger partial charge in [-0.05, 0) is 54.9 Å². The molecule has 3 aromatic rings. The van der Waals surface area contributed by atoms with Gasteiger partial charge in [-0.2, -0.15) is 13.2 Å². The van der Waals surface area contributed by atoms with Crippen LogP contribution in [0.3, 0.4) is 0 Å². The van der Waals surface area contributed by atoms with Crippen molar-refractivity contribution >= 4 is 40.6 Å². The summed E-state index contributed by atoms with van der Waals surface area (Å²) in [6.45, 7) is 2.01. The number of aromatic amines is 1. The molecule has 0 radical (unpaired) electrons. The molecular formula is C27H21F3N2O3S2. The van der Waals surface area contributed by atoms with E-state index in [9.17, 15) is 27.6 Å². The molecule has 5 nitrogen and oxygen atoms in total. The number of alkyl halides is 3. The van der Waals surface area contributed by atoms with Crippen LogP contribution in [0.2, 0.25) is 0 Å². The van der Waals surface area contributed by atoms with E-state index in [0.29, 0.717) is 0 Å². The highest BCUT2D eigenvalue weighted by molar-refractivity contribution is 8.00. The highest BCUT2D eigenvalue weighted by Gasteiger charge is 2.69. The summed E-state index contributed by atoms with van der Waals surface area (Å²) in [5, 5.41) is 0.867. The van der Waals surface area contributed by atoms with Gasteiger partial charge in [0.15, 0.2) is 0 Å². The van der Waals surface area contributed by atoms with E-state index in [0.717, 1.165) is 44.5 Å². The van der Waals surface area contributed by atoms with Crippen molar-refractivity contribution < 1.29 is 22.8 Å². The Morgan fingerprint density at radius 1 is 0.973 bits per heavy atom. The van der Waals surface area contributed by atoms with Gasteiger partial charge in [-0.1, -0.05) is 47.2 Å². The molecular weight excluding hydrogens is 521 g/mol. The van der Waals surface area contributed by atoms with Crippen molar-refractivity contribution in [3.63, 3.8) is 0 Å². The maximum atomic E-state index is 13.7. The van der Waals surface area contributed by atoms with Crippen LogP contribution >= 0.6 is 23.1 Å². The smallest absolute Gasteiger partial charge is 0.307 e. The number of thiazole rings is 1. The van der Waals surface area contributed by atoms with Gasteiger partial charge in [0.2, 0.25) is 11.8 Å². The van der Waals surface area contributed by atoms with E-state index in [2.05, 4.69) is 17.1 Å². The number of nitrogens with zero attached hydrogens (tertiary/aromatic N) is 1. The number of hydrogen-bond acceptors (Lipinski definition) is 5. The lowest BCUT2D eigenvalue weighted by atomic mass is 9.68.